The van der Waals surface area contributed by atoms with Crippen molar-refractivity contribution in [1.82, 2.24) is 0 Å². The van der Waals surface area contributed by atoms with Gasteiger partial charge in [-0.25, -0.2) is 4.79 Å². The molecule has 0 aliphatic carbocycles. The number of carboxylic acid groups (broad SMARTS) is 1. The van der Waals surface area contributed by atoms with E-state index in [0.29, 0.717) is 12.0 Å². The molecule has 0 saturated heterocycles. The van der Waals surface area contributed by atoms with Gasteiger partial charge >= 0.3 is 5.97 Å². The van der Waals surface area contributed by atoms with E-state index in [4.69, 9.17) is 5.11 Å². The van der Waals surface area contributed by atoms with Gasteiger partial charge in [0.15, 0.2) is 0 Å². The molecule has 0 atom stereocenters. The lowest BCUT2D eigenvalue weighted by atomic mass is 10.1. The van der Waals surface area contributed by atoms with Crippen LogP contribution in [0, 0.1) is 10.1 Å². The molecule has 2 aromatic rings. The van der Waals surface area contributed by atoms with Crippen molar-refractivity contribution in [2.45, 2.75) is 0 Å². The van der Waals surface area contributed by atoms with Crippen molar-refractivity contribution >= 4 is 29.3 Å². The molecule has 106 valence electrons. The van der Waals surface area contributed by atoms with Gasteiger partial charge in [0, 0.05) is 17.3 Å². The van der Waals surface area contributed by atoms with Gasteiger partial charge in [0.1, 0.15) is 12.0 Å². The highest BCUT2D eigenvalue weighted by Gasteiger charge is 2.14. The van der Waals surface area contributed by atoms with Gasteiger partial charge < -0.3 is 10.4 Å². The SMILES string of the molecule is O=Cc1ccc(Nc2ccc(C(=O)O)cc2)c([N+](=O)[O-])c1. The standard InChI is InChI=1S/C14H10N2O5/c17-8-9-1-6-12(13(7-9)16(20)21)15-11-4-2-10(3-5-11)14(18)19/h1-8,15H,(H,18,19). The maximum absolute atomic E-state index is 11.0. The van der Waals surface area contributed by atoms with Crippen LogP contribution in [0.2, 0.25) is 0 Å². The number of benzene rings is 2. The summed E-state index contributed by atoms with van der Waals surface area (Å²) < 4.78 is 0. The number of anilines is 2. The maximum atomic E-state index is 11.0. The summed E-state index contributed by atoms with van der Waals surface area (Å²) in [5.74, 6) is -1.05. The normalized spacial score (nSPS) is 9.90. The predicted molar refractivity (Wildman–Crippen MR) is 75.2 cm³/mol. The minimum atomic E-state index is -1.05. The Morgan fingerprint density at radius 2 is 1.86 bits per heavy atom. The fraction of sp³-hybridized carbons (Fsp3) is 0. The van der Waals surface area contributed by atoms with E-state index in [2.05, 4.69) is 5.32 Å². The molecule has 0 unspecified atom stereocenters. The molecular formula is C14H10N2O5. The molecule has 0 aliphatic rings. The summed E-state index contributed by atoms with van der Waals surface area (Å²) in [5, 5.41) is 22.6. The third kappa shape index (κ3) is 3.21. The first-order valence-corrected chi connectivity index (χ1v) is 5.85. The molecule has 0 aliphatic heterocycles. The molecule has 0 radical (unpaired) electrons. The van der Waals surface area contributed by atoms with Gasteiger partial charge in [-0.15, -0.1) is 0 Å². The maximum Gasteiger partial charge on any atom is 0.335 e. The minimum Gasteiger partial charge on any atom is -0.478 e. The van der Waals surface area contributed by atoms with Gasteiger partial charge in [-0.3, -0.25) is 14.9 Å². The number of carbonyl (C=O) groups is 2. The number of nitrogens with one attached hydrogen (secondary N) is 1. The molecule has 7 nitrogen and oxygen atoms in total. The van der Waals surface area contributed by atoms with Crippen LogP contribution in [0.25, 0.3) is 0 Å². The highest BCUT2D eigenvalue weighted by atomic mass is 16.6. The Labute approximate surface area is 119 Å². The first-order valence-electron chi connectivity index (χ1n) is 5.85. The molecular weight excluding hydrogens is 276 g/mol. The van der Waals surface area contributed by atoms with E-state index in [1.54, 1.807) is 0 Å². The van der Waals surface area contributed by atoms with Crippen molar-refractivity contribution in [2.24, 2.45) is 0 Å². The zero-order valence-corrected chi connectivity index (χ0v) is 10.6. The summed E-state index contributed by atoms with van der Waals surface area (Å²) >= 11 is 0. The largest absolute Gasteiger partial charge is 0.478 e. The highest BCUT2D eigenvalue weighted by molar-refractivity contribution is 5.88. The third-order valence-electron chi connectivity index (χ3n) is 2.77. The van der Waals surface area contributed by atoms with E-state index in [-0.39, 0.29) is 22.5 Å². The smallest absolute Gasteiger partial charge is 0.335 e. The van der Waals surface area contributed by atoms with Crippen molar-refractivity contribution in [1.29, 1.82) is 0 Å². The van der Waals surface area contributed by atoms with Gasteiger partial charge in [0.05, 0.1) is 10.5 Å². The monoisotopic (exact) mass is 286 g/mol. The van der Waals surface area contributed by atoms with Crippen molar-refractivity contribution in [3.05, 3.63) is 63.7 Å². The second kappa shape index (κ2) is 5.83. The van der Waals surface area contributed by atoms with Crippen LogP contribution in [0.15, 0.2) is 42.5 Å². The number of carboxylic acids is 1. The van der Waals surface area contributed by atoms with Gasteiger partial charge in [-0.2, -0.15) is 0 Å². The van der Waals surface area contributed by atoms with E-state index in [9.17, 15) is 19.7 Å². The van der Waals surface area contributed by atoms with Crippen LogP contribution < -0.4 is 5.32 Å². The number of hydrogen-bond acceptors (Lipinski definition) is 5. The molecule has 2 rings (SSSR count). The quantitative estimate of drug-likeness (QED) is 0.497. The topological polar surface area (TPSA) is 110 Å². The van der Waals surface area contributed by atoms with E-state index in [1.807, 2.05) is 0 Å². The van der Waals surface area contributed by atoms with Crippen LogP contribution in [0.5, 0.6) is 0 Å². The van der Waals surface area contributed by atoms with Gasteiger partial charge in [0.2, 0.25) is 0 Å². The van der Waals surface area contributed by atoms with Crippen LogP contribution in [0.4, 0.5) is 17.1 Å². The molecule has 21 heavy (non-hydrogen) atoms. The summed E-state index contributed by atoms with van der Waals surface area (Å²) in [5.41, 5.74) is 0.803. The molecule has 0 fully saturated rings. The van der Waals surface area contributed by atoms with Crippen molar-refractivity contribution in [3.63, 3.8) is 0 Å². The summed E-state index contributed by atoms with van der Waals surface area (Å²) in [4.78, 5) is 31.8. The van der Waals surface area contributed by atoms with Crippen LogP contribution in [-0.4, -0.2) is 22.3 Å². The second-order valence-corrected chi connectivity index (χ2v) is 4.16. The van der Waals surface area contributed by atoms with Crippen LogP contribution in [-0.2, 0) is 0 Å². The van der Waals surface area contributed by atoms with Crippen molar-refractivity contribution in [2.75, 3.05) is 5.32 Å². The predicted octanol–water partition coefficient (Wildman–Crippen LogP) is 2.85. The number of hydrogen-bond donors (Lipinski definition) is 2. The molecule has 0 bridgehead atoms. The molecule has 2 N–H and O–H groups in total. The Morgan fingerprint density at radius 1 is 1.19 bits per heavy atom. The van der Waals surface area contributed by atoms with Gasteiger partial charge in [-0.05, 0) is 36.4 Å². The zero-order valence-electron chi connectivity index (χ0n) is 10.6. The lowest BCUT2D eigenvalue weighted by Crippen LogP contribution is -1.99. The first-order chi connectivity index (χ1) is 10.0. The molecule has 2 aromatic carbocycles. The van der Waals surface area contributed by atoms with E-state index < -0.39 is 10.9 Å². The van der Waals surface area contributed by atoms with Gasteiger partial charge in [-0.1, -0.05) is 0 Å². The fourth-order valence-corrected chi connectivity index (χ4v) is 1.73. The third-order valence-corrected chi connectivity index (χ3v) is 2.77. The Morgan fingerprint density at radius 3 is 2.38 bits per heavy atom. The lowest BCUT2D eigenvalue weighted by Gasteiger charge is -2.07. The van der Waals surface area contributed by atoms with E-state index in [0.717, 1.165) is 0 Å². The van der Waals surface area contributed by atoms with Crippen LogP contribution >= 0.6 is 0 Å². The number of nitro groups is 1. The summed E-state index contributed by atoms with van der Waals surface area (Å²) in [7, 11) is 0. The molecule has 0 aromatic heterocycles. The Balaban J connectivity index is 2.32. The number of nitro benzene ring substituents is 1. The lowest BCUT2D eigenvalue weighted by molar-refractivity contribution is -0.383. The highest BCUT2D eigenvalue weighted by Crippen LogP contribution is 2.28. The number of nitrogens with zero attached hydrogens (tertiary/aromatic N) is 1. The Hall–Kier alpha value is -3.22. The summed E-state index contributed by atoms with van der Waals surface area (Å²) in [6.45, 7) is 0. The number of aromatic carboxylic acids is 1. The Kier molecular flexibility index (Phi) is 3.94. The summed E-state index contributed by atoms with van der Waals surface area (Å²) in [6, 6.07) is 9.82. The van der Waals surface area contributed by atoms with E-state index in [1.165, 1.54) is 42.5 Å². The molecule has 7 heteroatoms. The van der Waals surface area contributed by atoms with Crippen LogP contribution in [0.3, 0.4) is 0 Å². The minimum absolute atomic E-state index is 0.117. The first kappa shape index (κ1) is 14.2. The second-order valence-electron chi connectivity index (χ2n) is 4.16. The fourth-order valence-electron chi connectivity index (χ4n) is 1.73. The molecule has 0 saturated carbocycles. The number of rotatable bonds is 5. The van der Waals surface area contributed by atoms with Crippen molar-refractivity contribution in [3.8, 4) is 0 Å². The molecule has 0 heterocycles. The summed E-state index contributed by atoms with van der Waals surface area (Å²) in [6.07, 6.45) is 0.526. The number of carbonyl (C=O) groups excluding carboxylic acids is 1. The average Bonchev–Trinajstić information content (AvgIpc) is 2.48. The van der Waals surface area contributed by atoms with Crippen molar-refractivity contribution < 1.29 is 19.6 Å². The Bertz CT molecular complexity index is 710. The molecule has 0 amide bonds. The van der Waals surface area contributed by atoms with E-state index >= 15 is 0 Å². The van der Waals surface area contributed by atoms with Crippen LogP contribution in [0.1, 0.15) is 20.7 Å². The molecule has 0 spiro atoms. The van der Waals surface area contributed by atoms with Gasteiger partial charge in [0.25, 0.3) is 5.69 Å². The number of aldehydes is 1. The average molecular weight is 286 g/mol. The zero-order chi connectivity index (χ0) is 15.4.